The van der Waals surface area contributed by atoms with Gasteiger partial charge in [-0.3, -0.25) is 14.5 Å². The highest BCUT2D eigenvalue weighted by Crippen LogP contribution is 2.30. The standard InChI is InChI=1S/C17H23NO3.2C2H6/c1-4-21-16(20)14-10-11-18(17(2,3)15(14)19)12-13-8-6-5-7-9-13;2*1-2/h5-9,14H,4,10-12H2,1-3H3;2*1-2H3. The summed E-state index contributed by atoms with van der Waals surface area (Å²) in [5.41, 5.74) is 0.527. The van der Waals surface area contributed by atoms with Crippen LogP contribution in [0.1, 0.15) is 60.5 Å². The molecule has 1 atom stereocenters. The fourth-order valence-corrected chi connectivity index (χ4v) is 2.83. The molecule has 0 aliphatic carbocycles. The molecule has 1 heterocycles. The van der Waals surface area contributed by atoms with Crippen LogP contribution in [-0.4, -0.2) is 35.3 Å². The Bertz CT molecular complexity index is 511. The lowest BCUT2D eigenvalue weighted by atomic mass is 9.81. The smallest absolute Gasteiger partial charge is 0.316 e. The highest BCUT2D eigenvalue weighted by molar-refractivity contribution is 6.04. The number of carbonyl (C=O) groups excluding carboxylic acids is 2. The van der Waals surface area contributed by atoms with Crippen LogP contribution in [0, 0.1) is 5.92 Å². The number of rotatable bonds is 4. The lowest BCUT2D eigenvalue weighted by Gasteiger charge is -2.43. The van der Waals surface area contributed by atoms with E-state index in [4.69, 9.17) is 4.74 Å². The minimum Gasteiger partial charge on any atom is -0.465 e. The molecule has 1 aromatic rings. The fraction of sp³-hybridized carbons (Fsp3) is 0.619. The van der Waals surface area contributed by atoms with E-state index in [-0.39, 0.29) is 11.8 Å². The van der Waals surface area contributed by atoms with Crippen molar-refractivity contribution in [1.29, 1.82) is 0 Å². The first-order valence-electron chi connectivity index (χ1n) is 9.46. The molecule has 0 N–H and O–H groups in total. The second-order valence-corrected chi connectivity index (χ2v) is 5.92. The topological polar surface area (TPSA) is 46.6 Å². The molecule has 142 valence electrons. The van der Waals surface area contributed by atoms with Crippen LogP contribution in [0.2, 0.25) is 0 Å². The van der Waals surface area contributed by atoms with Crippen LogP contribution in [0.3, 0.4) is 0 Å². The first kappa shape index (κ1) is 23.3. The summed E-state index contributed by atoms with van der Waals surface area (Å²) in [6.45, 7) is 15.3. The summed E-state index contributed by atoms with van der Waals surface area (Å²) < 4.78 is 5.02. The van der Waals surface area contributed by atoms with E-state index in [0.29, 0.717) is 13.0 Å². The molecule has 0 aromatic heterocycles. The Kier molecular flexibility index (Phi) is 11.0. The summed E-state index contributed by atoms with van der Waals surface area (Å²) in [4.78, 5) is 26.7. The van der Waals surface area contributed by atoms with Crippen LogP contribution >= 0.6 is 0 Å². The predicted octanol–water partition coefficient (Wildman–Crippen LogP) is 4.47. The van der Waals surface area contributed by atoms with Gasteiger partial charge in [0.05, 0.1) is 12.1 Å². The van der Waals surface area contributed by atoms with Gasteiger partial charge in [-0.05, 0) is 32.8 Å². The summed E-state index contributed by atoms with van der Waals surface area (Å²) >= 11 is 0. The second-order valence-electron chi connectivity index (χ2n) is 5.92. The van der Waals surface area contributed by atoms with Gasteiger partial charge in [-0.2, -0.15) is 0 Å². The van der Waals surface area contributed by atoms with E-state index >= 15 is 0 Å². The Balaban J connectivity index is 0.00000134. The maximum Gasteiger partial charge on any atom is 0.316 e. The van der Waals surface area contributed by atoms with Crippen LogP contribution in [0.5, 0.6) is 0 Å². The summed E-state index contributed by atoms with van der Waals surface area (Å²) in [6.07, 6.45) is 0.536. The highest BCUT2D eigenvalue weighted by Gasteiger charge is 2.46. The van der Waals surface area contributed by atoms with Gasteiger partial charge in [0.2, 0.25) is 0 Å². The number of hydrogen-bond acceptors (Lipinski definition) is 4. The van der Waals surface area contributed by atoms with Crippen molar-refractivity contribution < 1.29 is 14.3 Å². The Morgan fingerprint density at radius 3 is 2.24 bits per heavy atom. The maximum absolute atomic E-state index is 12.6. The number of piperidine rings is 1. The number of ether oxygens (including phenoxy) is 1. The molecule has 2 rings (SSSR count). The summed E-state index contributed by atoms with van der Waals surface area (Å²) in [7, 11) is 0. The molecular formula is C21H35NO3. The van der Waals surface area contributed by atoms with E-state index in [1.165, 1.54) is 5.56 Å². The van der Waals surface area contributed by atoms with Crippen LogP contribution in [-0.2, 0) is 20.9 Å². The van der Waals surface area contributed by atoms with E-state index in [0.717, 1.165) is 13.1 Å². The number of carbonyl (C=O) groups is 2. The molecule has 25 heavy (non-hydrogen) atoms. The van der Waals surface area contributed by atoms with Gasteiger partial charge >= 0.3 is 5.97 Å². The van der Waals surface area contributed by atoms with Crippen molar-refractivity contribution in [2.45, 2.75) is 67.0 Å². The summed E-state index contributed by atoms with van der Waals surface area (Å²) in [5, 5.41) is 0. The molecule has 1 aliphatic rings. The number of nitrogens with zero attached hydrogens (tertiary/aromatic N) is 1. The predicted molar refractivity (Wildman–Crippen MR) is 103 cm³/mol. The number of likely N-dealkylation sites (tertiary alicyclic amines) is 1. The lowest BCUT2D eigenvalue weighted by molar-refractivity contribution is -0.158. The molecule has 0 amide bonds. The van der Waals surface area contributed by atoms with E-state index in [1.807, 2.05) is 59.7 Å². The molecule has 0 saturated carbocycles. The minimum atomic E-state index is -0.647. The van der Waals surface area contributed by atoms with E-state index in [2.05, 4.69) is 17.0 Å². The molecule has 1 aromatic carbocycles. The quantitative estimate of drug-likeness (QED) is 0.594. The third-order valence-corrected chi connectivity index (χ3v) is 4.19. The summed E-state index contributed by atoms with van der Waals surface area (Å²) in [6, 6.07) is 10.1. The second kappa shape index (κ2) is 11.8. The van der Waals surface area contributed by atoms with Gasteiger partial charge in [0, 0.05) is 13.1 Å². The average molecular weight is 350 g/mol. The molecule has 0 spiro atoms. The monoisotopic (exact) mass is 349 g/mol. The normalized spacial score (nSPS) is 19.0. The third kappa shape index (κ3) is 6.28. The van der Waals surface area contributed by atoms with Gasteiger partial charge in [-0.15, -0.1) is 0 Å². The summed E-state index contributed by atoms with van der Waals surface area (Å²) in [5.74, 6) is -1.04. The molecule has 1 saturated heterocycles. The molecule has 4 nitrogen and oxygen atoms in total. The molecule has 0 bridgehead atoms. The Labute approximate surface area is 153 Å². The SMILES string of the molecule is CC.CC.CCOC(=O)C1CCN(Cc2ccccc2)C(C)(C)C1=O. The number of hydrogen-bond donors (Lipinski definition) is 0. The molecule has 1 unspecified atom stereocenters. The van der Waals surface area contributed by atoms with Gasteiger partial charge in [0.15, 0.2) is 5.78 Å². The molecule has 4 heteroatoms. The molecule has 1 fully saturated rings. The number of ketones is 1. The van der Waals surface area contributed by atoms with E-state index < -0.39 is 11.5 Å². The van der Waals surface area contributed by atoms with Crippen LogP contribution in [0.25, 0.3) is 0 Å². The van der Waals surface area contributed by atoms with Crippen molar-refractivity contribution in [2.24, 2.45) is 5.92 Å². The van der Waals surface area contributed by atoms with Crippen molar-refractivity contribution in [2.75, 3.05) is 13.2 Å². The third-order valence-electron chi connectivity index (χ3n) is 4.19. The number of esters is 1. The first-order valence-corrected chi connectivity index (χ1v) is 9.46. The zero-order valence-electron chi connectivity index (χ0n) is 17.0. The zero-order chi connectivity index (χ0) is 19.5. The number of benzene rings is 1. The van der Waals surface area contributed by atoms with Crippen molar-refractivity contribution >= 4 is 11.8 Å². The largest absolute Gasteiger partial charge is 0.465 e. The number of Topliss-reactive ketones (excluding diaryl/α,β-unsaturated/α-hetero) is 1. The van der Waals surface area contributed by atoms with E-state index in [1.54, 1.807) is 6.92 Å². The highest BCUT2D eigenvalue weighted by atomic mass is 16.5. The van der Waals surface area contributed by atoms with Crippen LogP contribution in [0.15, 0.2) is 30.3 Å². The Hall–Kier alpha value is -1.68. The van der Waals surface area contributed by atoms with Gasteiger partial charge in [-0.25, -0.2) is 0 Å². The van der Waals surface area contributed by atoms with Crippen LogP contribution < -0.4 is 0 Å². The Morgan fingerprint density at radius 1 is 1.16 bits per heavy atom. The van der Waals surface area contributed by atoms with E-state index in [9.17, 15) is 9.59 Å². The fourth-order valence-electron chi connectivity index (χ4n) is 2.83. The maximum atomic E-state index is 12.6. The van der Waals surface area contributed by atoms with Crippen molar-refractivity contribution in [3.8, 4) is 0 Å². The Morgan fingerprint density at radius 2 is 1.72 bits per heavy atom. The van der Waals surface area contributed by atoms with Crippen molar-refractivity contribution in [1.82, 2.24) is 4.90 Å². The lowest BCUT2D eigenvalue weighted by Crippen LogP contribution is -2.58. The van der Waals surface area contributed by atoms with Gasteiger partial charge in [-0.1, -0.05) is 58.0 Å². The van der Waals surface area contributed by atoms with Gasteiger partial charge in [0.25, 0.3) is 0 Å². The van der Waals surface area contributed by atoms with Gasteiger partial charge < -0.3 is 4.74 Å². The molecular weight excluding hydrogens is 314 g/mol. The minimum absolute atomic E-state index is 0.0388. The van der Waals surface area contributed by atoms with Crippen molar-refractivity contribution in [3.05, 3.63) is 35.9 Å². The first-order chi connectivity index (χ1) is 12.0. The molecule has 1 aliphatic heterocycles. The van der Waals surface area contributed by atoms with Gasteiger partial charge in [0.1, 0.15) is 5.92 Å². The van der Waals surface area contributed by atoms with Crippen LogP contribution in [0.4, 0.5) is 0 Å². The molecule has 0 radical (unpaired) electrons. The zero-order valence-corrected chi connectivity index (χ0v) is 17.0. The van der Waals surface area contributed by atoms with Crippen molar-refractivity contribution in [3.63, 3.8) is 0 Å². The average Bonchev–Trinajstić information content (AvgIpc) is 2.64.